The van der Waals surface area contributed by atoms with Gasteiger partial charge in [0.1, 0.15) is 15.7 Å². The lowest BCUT2D eigenvalue weighted by molar-refractivity contribution is 0.288. The molecular weight excluding hydrogens is 432 g/mol. The zero-order chi connectivity index (χ0) is 20.8. The topological polar surface area (TPSA) is 59.2 Å². The highest BCUT2D eigenvalue weighted by molar-refractivity contribution is 7.99. The first-order valence-electron chi connectivity index (χ1n) is 9.98. The average molecular weight is 455 g/mol. The second-order valence-electron chi connectivity index (χ2n) is 7.14. The van der Waals surface area contributed by atoms with Crippen molar-refractivity contribution >= 4 is 59.8 Å². The predicted octanol–water partition coefficient (Wildman–Crippen LogP) is 5.56. The Balaban J connectivity index is 1.65. The maximum atomic E-state index is 5.00. The Labute approximate surface area is 187 Å². The summed E-state index contributed by atoms with van der Waals surface area (Å²) in [6.45, 7) is 11.4. The summed E-state index contributed by atoms with van der Waals surface area (Å²) in [4.78, 5) is 15.5. The van der Waals surface area contributed by atoms with Gasteiger partial charge in [-0.25, -0.2) is 9.97 Å². The van der Waals surface area contributed by atoms with E-state index in [-0.39, 0.29) is 0 Å². The molecule has 4 heterocycles. The molecule has 0 fully saturated rings. The number of para-hydroxylation sites is 1. The molecule has 0 spiro atoms. The van der Waals surface area contributed by atoms with E-state index in [1.165, 1.54) is 15.1 Å². The lowest BCUT2D eigenvalue weighted by atomic mass is 10.2. The summed E-state index contributed by atoms with van der Waals surface area (Å²) < 4.78 is 3.35. The normalized spacial score (nSPS) is 12.2. The van der Waals surface area contributed by atoms with Crippen LogP contribution in [0.25, 0.3) is 25.4 Å². The van der Waals surface area contributed by atoms with Crippen molar-refractivity contribution in [1.82, 2.24) is 29.5 Å². The van der Waals surface area contributed by atoms with E-state index in [0.717, 1.165) is 56.3 Å². The van der Waals surface area contributed by atoms with Gasteiger partial charge in [-0.3, -0.25) is 9.30 Å². The van der Waals surface area contributed by atoms with E-state index in [2.05, 4.69) is 71.5 Å². The van der Waals surface area contributed by atoms with Crippen LogP contribution in [0.5, 0.6) is 0 Å². The number of thiophene rings is 1. The maximum Gasteiger partial charge on any atom is 0.217 e. The lowest BCUT2D eigenvalue weighted by Crippen LogP contribution is -2.23. The van der Waals surface area contributed by atoms with Crippen molar-refractivity contribution in [2.45, 2.75) is 44.4 Å². The molecule has 4 aromatic heterocycles. The van der Waals surface area contributed by atoms with Crippen LogP contribution in [0.2, 0.25) is 0 Å². The van der Waals surface area contributed by atoms with Crippen molar-refractivity contribution < 1.29 is 0 Å². The third kappa shape index (κ3) is 3.30. The van der Waals surface area contributed by atoms with E-state index in [9.17, 15) is 0 Å². The molecule has 30 heavy (non-hydrogen) atoms. The Bertz CT molecular complexity index is 1360. The van der Waals surface area contributed by atoms with Crippen molar-refractivity contribution in [3.63, 3.8) is 0 Å². The summed E-state index contributed by atoms with van der Waals surface area (Å²) >= 11 is 5.00. The van der Waals surface area contributed by atoms with Crippen LogP contribution in [-0.4, -0.2) is 42.6 Å². The highest BCUT2D eigenvalue weighted by Gasteiger charge is 2.20. The first kappa shape index (κ1) is 19.9. The second kappa shape index (κ2) is 7.88. The molecule has 0 atom stereocenters. The minimum absolute atomic E-state index is 0.753. The van der Waals surface area contributed by atoms with E-state index >= 15 is 0 Å². The van der Waals surface area contributed by atoms with Crippen molar-refractivity contribution in [1.29, 1.82) is 0 Å². The van der Waals surface area contributed by atoms with Crippen LogP contribution in [0.15, 0.2) is 34.4 Å². The molecule has 9 heteroatoms. The highest BCUT2D eigenvalue weighted by Crippen LogP contribution is 2.39. The Morgan fingerprint density at radius 3 is 2.63 bits per heavy atom. The van der Waals surface area contributed by atoms with Gasteiger partial charge in [-0.1, -0.05) is 37.3 Å². The Morgan fingerprint density at radius 1 is 1.03 bits per heavy atom. The first-order chi connectivity index (χ1) is 14.6. The van der Waals surface area contributed by atoms with Crippen LogP contribution < -0.4 is 0 Å². The second-order valence-corrected chi connectivity index (χ2v) is 10.3. The number of aryl methyl sites for hydroxylation is 2. The molecule has 0 saturated heterocycles. The van der Waals surface area contributed by atoms with Crippen LogP contribution in [0.1, 0.15) is 30.1 Å². The molecule has 6 nitrogen and oxygen atoms in total. The van der Waals surface area contributed by atoms with E-state index in [1.807, 2.05) is 0 Å². The monoisotopic (exact) mass is 454 g/mol. The van der Waals surface area contributed by atoms with Crippen molar-refractivity contribution in [2.24, 2.45) is 0 Å². The van der Waals surface area contributed by atoms with Crippen LogP contribution in [0, 0.1) is 13.8 Å². The summed E-state index contributed by atoms with van der Waals surface area (Å²) in [5.41, 5.74) is 2.39. The molecule has 0 N–H and O–H groups in total. The minimum Gasteiger partial charge on any atom is -0.296 e. The molecule has 0 unspecified atom stereocenters. The fourth-order valence-corrected chi connectivity index (χ4v) is 6.72. The molecule has 5 aromatic rings. The molecule has 0 amide bonds. The van der Waals surface area contributed by atoms with Gasteiger partial charge < -0.3 is 0 Å². The van der Waals surface area contributed by atoms with E-state index in [0.29, 0.717) is 0 Å². The highest BCUT2D eigenvalue weighted by atomic mass is 32.2. The predicted molar refractivity (Wildman–Crippen MR) is 126 cm³/mol. The molecular formula is C21H22N6S3. The standard InChI is InChI=1S/C21H22N6S3/c1-5-26(6-2)11-16-22-18-17(12(3)13(4)28-18)19(23-16)30-21-25-24-20-27(21)14-9-7-8-10-15(14)29-20/h7-10H,5-6,11H2,1-4H3. The van der Waals surface area contributed by atoms with Gasteiger partial charge in [0.15, 0.2) is 0 Å². The van der Waals surface area contributed by atoms with Gasteiger partial charge in [-0.15, -0.1) is 21.5 Å². The van der Waals surface area contributed by atoms with Crippen molar-refractivity contribution in [3.8, 4) is 0 Å². The first-order valence-corrected chi connectivity index (χ1v) is 12.4. The van der Waals surface area contributed by atoms with Crippen LogP contribution in [0.4, 0.5) is 0 Å². The van der Waals surface area contributed by atoms with Gasteiger partial charge in [-0.2, -0.15) is 0 Å². The third-order valence-electron chi connectivity index (χ3n) is 5.40. The number of rotatable bonds is 6. The molecule has 0 aliphatic rings. The molecule has 0 saturated carbocycles. The summed E-state index contributed by atoms with van der Waals surface area (Å²) in [7, 11) is 0. The van der Waals surface area contributed by atoms with Gasteiger partial charge >= 0.3 is 0 Å². The molecule has 1 aromatic carbocycles. The smallest absolute Gasteiger partial charge is 0.217 e. The number of aromatic nitrogens is 5. The zero-order valence-corrected chi connectivity index (χ0v) is 19.8. The average Bonchev–Trinajstić information content (AvgIpc) is 3.39. The number of fused-ring (bicyclic) bond motifs is 4. The molecule has 0 bridgehead atoms. The number of nitrogens with zero attached hydrogens (tertiary/aromatic N) is 6. The van der Waals surface area contributed by atoms with Crippen molar-refractivity contribution in [3.05, 3.63) is 40.5 Å². The van der Waals surface area contributed by atoms with E-state index < -0.39 is 0 Å². The SMILES string of the molecule is CCN(CC)Cc1nc(Sc2nnc3sc4ccccc4n23)c2c(C)c(C)sc2n1. The molecule has 0 radical (unpaired) electrons. The number of hydrogen-bond donors (Lipinski definition) is 0. The molecule has 5 rings (SSSR count). The van der Waals surface area contributed by atoms with Crippen LogP contribution >= 0.6 is 34.4 Å². The number of thiazole rings is 1. The van der Waals surface area contributed by atoms with Gasteiger partial charge in [0.2, 0.25) is 10.1 Å². The molecule has 0 aliphatic heterocycles. The summed E-state index contributed by atoms with van der Waals surface area (Å²) in [6, 6.07) is 8.36. The van der Waals surface area contributed by atoms with Crippen LogP contribution in [-0.2, 0) is 6.54 Å². The van der Waals surface area contributed by atoms with E-state index in [1.54, 1.807) is 34.4 Å². The summed E-state index contributed by atoms with van der Waals surface area (Å²) in [5, 5.41) is 11.9. The summed E-state index contributed by atoms with van der Waals surface area (Å²) in [5.74, 6) is 0.867. The maximum absolute atomic E-state index is 5.00. The van der Waals surface area contributed by atoms with Crippen LogP contribution in [0.3, 0.4) is 0 Å². The van der Waals surface area contributed by atoms with Gasteiger partial charge in [-0.05, 0) is 56.4 Å². The van der Waals surface area contributed by atoms with Crippen molar-refractivity contribution in [2.75, 3.05) is 13.1 Å². The van der Waals surface area contributed by atoms with Gasteiger partial charge in [0, 0.05) is 10.3 Å². The lowest BCUT2D eigenvalue weighted by Gasteiger charge is -2.17. The fraction of sp³-hybridized carbons (Fsp3) is 0.333. The van der Waals surface area contributed by atoms with Gasteiger partial charge in [0.25, 0.3) is 0 Å². The zero-order valence-electron chi connectivity index (χ0n) is 17.3. The Kier molecular flexibility index (Phi) is 5.22. The number of hydrogen-bond acceptors (Lipinski definition) is 8. The molecule has 154 valence electrons. The largest absolute Gasteiger partial charge is 0.296 e. The van der Waals surface area contributed by atoms with Gasteiger partial charge in [0.05, 0.1) is 16.8 Å². The van der Waals surface area contributed by atoms with E-state index in [4.69, 9.17) is 9.97 Å². The third-order valence-corrected chi connectivity index (χ3v) is 8.45. The summed E-state index contributed by atoms with van der Waals surface area (Å²) in [6.07, 6.45) is 0. The molecule has 0 aliphatic carbocycles. The fourth-order valence-electron chi connectivity index (χ4n) is 3.55. The quantitative estimate of drug-likeness (QED) is 0.313. The minimum atomic E-state index is 0.753. The Hall–Kier alpha value is -2.07. The number of benzene rings is 1. The Morgan fingerprint density at radius 2 is 1.83 bits per heavy atom.